The number of rotatable bonds is 6. The fourth-order valence-electron chi connectivity index (χ4n) is 2.47. The lowest BCUT2D eigenvalue weighted by atomic mass is 9.96. The molecule has 21 heavy (non-hydrogen) atoms. The summed E-state index contributed by atoms with van der Waals surface area (Å²) in [5.74, 6) is -2.18. The van der Waals surface area contributed by atoms with Crippen molar-refractivity contribution in [3.63, 3.8) is 0 Å². The van der Waals surface area contributed by atoms with Crippen molar-refractivity contribution >= 4 is 17.8 Å². The SMILES string of the molecule is COCCCC(C(=O)O)N1C(=O)Cc2ccccc2C1=O. The summed E-state index contributed by atoms with van der Waals surface area (Å²) < 4.78 is 4.89. The van der Waals surface area contributed by atoms with Crippen molar-refractivity contribution in [1.29, 1.82) is 0 Å². The van der Waals surface area contributed by atoms with Gasteiger partial charge in [-0.3, -0.25) is 14.5 Å². The van der Waals surface area contributed by atoms with Crippen LogP contribution in [0.25, 0.3) is 0 Å². The van der Waals surface area contributed by atoms with E-state index in [1.165, 1.54) is 7.11 Å². The fraction of sp³-hybridized carbons (Fsp3) is 0.400. The third-order valence-electron chi connectivity index (χ3n) is 3.50. The molecule has 1 aromatic carbocycles. The number of hydrogen-bond acceptors (Lipinski definition) is 4. The molecule has 0 saturated heterocycles. The van der Waals surface area contributed by atoms with E-state index in [0.29, 0.717) is 24.2 Å². The summed E-state index contributed by atoms with van der Waals surface area (Å²) in [5.41, 5.74) is 1.04. The van der Waals surface area contributed by atoms with Crippen LogP contribution in [0.3, 0.4) is 0 Å². The van der Waals surface area contributed by atoms with Gasteiger partial charge in [-0.05, 0) is 24.5 Å². The van der Waals surface area contributed by atoms with Crippen LogP contribution in [-0.2, 0) is 20.7 Å². The largest absolute Gasteiger partial charge is 0.480 e. The van der Waals surface area contributed by atoms with E-state index in [1.54, 1.807) is 24.3 Å². The van der Waals surface area contributed by atoms with Crippen molar-refractivity contribution in [3.05, 3.63) is 35.4 Å². The lowest BCUT2D eigenvalue weighted by molar-refractivity contribution is -0.148. The molecule has 0 aromatic heterocycles. The highest BCUT2D eigenvalue weighted by atomic mass is 16.5. The zero-order valence-electron chi connectivity index (χ0n) is 11.7. The minimum absolute atomic E-state index is 0.0516. The van der Waals surface area contributed by atoms with Crippen LogP contribution in [0.5, 0.6) is 0 Å². The van der Waals surface area contributed by atoms with E-state index in [-0.39, 0.29) is 12.8 Å². The second-order valence-electron chi connectivity index (χ2n) is 4.89. The first-order chi connectivity index (χ1) is 10.1. The predicted molar refractivity (Wildman–Crippen MR) is 73.9 cm³/mol. The minimum atomic E-state index is -1.17. The zero-order chi connectivity index (χ0) is 15.4. The number of benzene rings is 1. The van der Waals surface area contributed by atoms with E-state index in [1.807, 2.05) is 0 Å². The van der Waals surface area contributed by atoms with Gasteiger partial charge in [0.2, 0.25) is 5.91 Å². The summed E-state index contributed by atoms with van der Waals surface area (Å²) in [6, 6.07) is 5.63. The lowest BCUT2D eigenvalue weighted by Crippen LogP contribution is -2.51. The molecule has 1 aliphatic rings. The fourth-order valence-corrected chi connectivity index (χ4v) is 2.47. The summed E-state index contributed by atoms with van der Waals surface area (Å²) in [6.45, 7) is 0.386. The minimum Gasteiger partial charge on any atom is -0.480 e. The van der Waals surface area contributed by atoms with E-state index in [9.17, 15) is 19.5 Å². The van der Waals surface area contributed by atoms with Gasteiger partial charge in [-0.1, -0.05) is 18.2 Å². The van der Waals surface area contributed by atoms with Crippen LogP contribution in [0.2, 0.25) is 0 Å². The van der Waals surface area contributed by atoms with Gasteiger partial charge in [0.05, 0.1) is 6.42 Å². The summed E-state index contributed by atoms with van der Waals surface area (Å²) in [4.78, 5) is 36.9. The maximum atomic E-state index is 12.4. The molecule has 1 heterocycles. The molecule has 1 atom stereocenters. The molecule has 6 heteroatoms. The van der Waals surface area contributed by atoms with E-state index in [2.05, 4.69) is 0 Å². The Morgan fingerprint density at radius 2 is 2.10 bits per heavy atom. The highest BCUT2D eigenvalue weighted by Crippen LogP contribution is 2.23. The molecule has 2 amide bonds. The first-order valence-corrected chi connectivity index (χ1v) is 6.72. The molecule has 1 aliphatic heterocycles. The van der Waals surface area contributed by atoms with Gasteiger partial charge in [0.15, 0.2) is 0 Å². The van der Waals surface area contributed by atoms with Crippen LogP contribution >= 0.6 is 0 Å². The van der Waals surface area contributed by atoms with Gasteiger partial charge in [0, 0.05) is 19.3 Å². The van der Waals surface area contributed by atoms with Crippen molar-refractivity contribution in [2.45, 2.75) is 25.3 Å². The Labute approximate surface area is 122 Å². The second-order valence-corrected chi connectivity index (χ2v) is 4.89. The first-order valence-electron chi connectivity index (χ1n) is 6.72. The molecular formula is C15H17NO5. The standard InChI is InChI=1S/C15H17NO5/c1-21-8-4-7-12(15(19)20)16-13(17)9-10-5-2-3-6-11(10)14(16)18/h2-3,5-6,12H,4,7-9H2,1H3,(H,19,20). The maximum Gasteiger partial charge on any atom is 0.326 e. The van der Waals surface area contributed by atoms with Gasteiger partial charge in [-0.15, -0.1) is 0 Å². The number of carbonyl (C=O) groups excluding carboxylic acids is 2. The topological polar surface area (TPSA) is 83.9 Å². The molecule has 0 fully saturated rings. The zero-order valence-corrected chi connectivity index (χ0v) is 11.7. The Hall–Kier alpha value is -2.21. The number of carbonyl (C=O) groups is 3. The number of nitrogens with zero attached hydrogens (tertiary/aromatic N) is 1. The maximum absolute atomic E-state index is 12.4. The summed E-state index contributed by atoms with van der Waals surface area (Å²) in [5, 5.41) is 9.32. The lowest BCUT2D eigenvalue weighted by Gasteiger charge is -2.31. The van der Waals surface area contributed by atoms with E-state index >= 15 is 0 Å². The van der Waals surface area contributed by atoms with Crippen LogP contribution in [0.1, 0.15) is 28.8 Å². The first kappa shape index (κ1) is 15.2. The smallest absolute Gasteiger partial charge is 0.326 e. The van der Waals surface area contributed by atoms with Crippen LogP contribution in [-0.4, -0.2) is 47.5 Å². The number of amides is 2. The van der Waals surface area contributed by atoms with Gasteiger partial charge < -0.3 is 9.84 Å². The molecule has 0 radical (unpaired) electrons. The molecule has 2 rings (SSSR count). The number of ether oxygens (including phenoxy) is 1. The van der Waals surface area contributed by atoms with E-state index in [0.717, 1.165) is 4.90 Å². The summed E-state index contributed by atoms with van der Waals surface area (Å²) >= 11 is 0. The Balaban J connectivity index is 2.26. The Bertz CT molecular complexity index is 569. The molecule has 1 N–H and O–H groups in total. The van der Waals surface area contributed by atoms with Crippen molar-refractivity contribution in [2.24, 2.45) is 0 Å². The Morgan fingerprint density at radius 1 is 1.38 bits per heavy atom. The van der Waals surface area contributed by atoms with Crippen molar-refractivity contribution in [1.82, 2.24) is 4.90 Å². The van der Waals surface area contributed by atoms with Crippen molar-refractivity contribution < 1.29 is 24.2 Å². The quantitative estimate of drug-likeness (QED) is 0.626. The Kier molecular flexibility index (Phi) is 4.70. The predicted octanol–water partition coefficient (Wildman–Crippen LogP) is 1.09. The van der Waals surface area contributed by atoms with Gasteiger partial charge in [-0.2, -0.15) is 0 Å². The number of fused-ring (bicyclic) bond motifs is 1. The van der Waals surface area contributed by atoms with Crippen LogP contribution in [0.4, 0.5) is 0 Å². The number of carboxylic acid groups (broad SMARTS) is 1. The number of carboxylic acids is 1. The van der Waals surface area contributed by atoms with Gasteiger partial charge >= 0.3 is 5.97 Å². The third kappa shape index (κ3) is 3.11. The van der Waals surface area contributed by atoms with Crippen LogP contribution in [0.15, 0.2) is 24.3 Å². The molecule has 0 saturated carbocycles. The summed E-state index contributed by atoms with van der Waals surface area (Å²) in [6.07, 6.45) is 0.699. The van der Waals surface area contributed by atoms with Crippen LogP contribution in [0, 0.1) is 0 Å². The molecule has 0 bridgehead atoms. The number of imide groups is 1. The molecule has 0 spiro atoms. The molecular weight excluding hydrogens is 274 g/mol. The van der Waals surface area contributed by atoms with Crippen LogP contribution < -0.4 is 0 Å². The monoisotopic (exact) mass is 291 g/mol. The number of hydrogen-bond donors (Lipinski definition) is 1. The molecule has 1 unspecified atom stereocenters. The Morgan fingerprint density at radius 3 is 2.76 bits per heavy atom. The van der Waals surface area contributed by atoms with Gasteiger partial charge in [0.1, 0.15) is 6.04 Å². The third-order valence-corrected chi connectivity index (χ3v) is 3.50. The molecule has 1 aromatic rings. The average molecular weight is 291 g/mol. The normalized spacial score (nSPS) is 15.8. The highest BCUT2D eigenvalue weighted by Gasteiger charge is 2.38. The number of methoxy groups -OCH3 is 1. The van der Waals surface area contributed by atoms with E-state index < -0.39 is 23.8 Å². The number of aliphatic carboxylic acids is 1. The highest BCUT2D eigenvalue weighted by molar-refractivity contribution is 6.11. The second kappa shape index (κ2) is 6.49. The molecule has 112 valence electrons. The van der Waals surface area contributed by atoms with Gasteiger partial charge in [0.25, 0.3) is 5.91 Å². The van der Waals surface area contributed by atoms with E-state index in [4.69, 9.17) is 4.74 Å². The molecule has 0 aliphatic carbocycles. The van der Waals surface area contributed by atoms with Gasteiger partial charge in [-0.25, -0.2) is 4.79 Å². The van der Waals surface area contributed by atoms with Crippen molar-refractivity contribution in [2.75, 3.05) is 13.7 Å². The molecule has 6 nitrogen and oxygen atoms in total. The summed E-state index contributed by atoms with van der Waals surface area (Å²) in [7, 11) is 1.52. The van der Waals surface area contributed by atoms with Crippen molar-refractivity contribution in [3.8, 4) is 0 Å². The average Bonchev–Trinajstić information content (AvgIpc) is 2.45.